The summed E-state index contributed by atoms with van der Waals surface area (Å²) >= 11 is 6.37. The molecule has 1 aromatic carbocycles. The van der Waals surface area contributed by atoms with Gasteiger partial charge in [0.25, 0.3) is 0 Å². The molecular weight excluding hydrogens is 264 g/mol. The fourth-order valence-electron chi connectivity index (χ4n) is 2.00. The van der Waals surface area contributed by atoms with Gasteiger partial charge in [-0.05, 0) is 49.9 Å². The van der Waals surface area contributed by atoms with E-state index in [1.165, 1.54) is 0 Å². The number of ether oxygens (including phenoxy) is 2. The quantitative estimate of drug-likeness (QED) is 0.586. The van der Waals surface area contributed by atoms with Gasteiger partial charge in [-0.1, -0.05) is 6.07 Å². The molecule has 19 heavy (non-hydrogen) atoms. The number of hydrogen-bond donors (Lipinski definition) is 0. The standard InChI is InChI=1S/C15H21ClO3/c1-5-19-15(17)7-6-13(16)12-8-11(3)14(18-4)9-10(12)2/h8-9,13H,5-7H2,1-4H3. The lowest BCUT2D eigenvalue weighted by molar-refractivity contribution is -0.143. The zero-order valence-electron chi connectivity index (χ0n) is 12.0. The number of carbonyl (C=O) groups excluding carboxylic acids is 1. The number of benzene rings is 1. The van der Waals surface area contributed by atoms with E-state index in [1.54, 1.807) is 14.0 Å². The third kappa shape index (κ3) is 4.43. The number of hydrogen-bond acceptors (Lipinski definition) is 3. The van der Waals surface area contributed by atoms with Crippen molar-refractivity contribution in [1.82, 2.24) is 0 Å². The van der Waals surface area contributed by atoms with Crippen molar-refractivity contribution in [2.45, 2.75) is 39.0 Å². The van der Waals surface area contributed by atoms with Crippen molar-refractivity contribution in [2.24, 2.45) is 0 Å². The highest BCUT2D eigenvalue weighted by Gasteiger charge is 2.15. The molecule has 0 bridgehead atoms. The molecule has 0 aliphatic rings. The number of carbonyl (C=O) groups is 1. The van der Waals surface area contributed by atoms with Gasteiger partial charge in [-0.2, -0.15) is 0 Å². The summed E-state index contributed by atoms with van der Waals surface area (Å²) in [6.45, 7) is 6.19. The molecule has 3 nitrogen and oxygen atoms in total. The number of esters is 1. The molecule has 0 fully saturated rings. The molecule has 1 aromatic rings. The summed E-state index contributed by atoms with van der Waals surface area (Å²) in [5.41, 5.74) is 3.17. The third-order valence-electron chi connectivity index (χ3n) is 3.03. The average molecular weight is 285 g/mol. The van der Waals surface area contributed by atoms with Crippen LogP contribution in [0.5, 0.6) is 5.75 Å². The topological polar surface area (TPSA) is 35.5 Å². The summed E-state index contributed by atoms with van der Waals surface area (Å²) in [6.07, 6.45) is 0.916. The summed E-state index contributed by atoms with van der Waals surface area (Å²) in [4.78, 5) is 11.3. The van der Waals surface area contributed by atoms with Crippen LogP contribution in [0, 0.1) is 13.8 Å². The van der Waals surface area contributed by atoms with Crippen molar-refractivity contribution < 1.29 is 14.3 Å². The first kappa shape index (κ1) is 15.8. The van der Waals surface area contributed by atoms with Crippen molar-refractivity contribution in [3.8, 4) is 5.75 Å². The molecular formula is C15H21ClO3. The molecule has 0 saturated heterocycles. The van der Waals surface area contributed by atoms with E-state index in [2.05, 4.69) is 0 Å². The Morgan fingerprint density at radius 2 is 2.00 bits per heavy atom. The van der Waals surface area contributed by atoms with E-state index in [0.717, 1.165) is 22.4 Å². The monoisotopic (exact) mass is 284 g/mol. The fourth-order valence-corrected chi connectivity index (χ4v) is 2.35. The molecule has 0 aliphatic carbocycles. The molecule has 0 N–H and O–H groups in total. The van der Waals surface area contributed by atoms with Crippen LogP contribution >= 0.6 is 11.6 Å². The van der Waals surface area contributed by atoms with Gasteiger partial charge in [0.15, 0.2) is 0 Å². The molecule has 0 aliphatic heterocycles. The lowest BCUT2D eigenvalue weighted by Crippen LogP contribution is -2.06. The lowest BCUT2D eigenvalue weighted by Gasteiger charge is -2.15. The Morgan fingerprint density at radius 3 is 2.58 bits per heavy atom. The van der Waals surface area contributed by atoms with Crippen LogP contribution in [0.3, 0.4) is 0 Å². The Bertz CT molecular complexity index is 443. The van der Waals surface area contributed by atoms with Gasteiger partial charge in [-0.3, -0.25) is 4.79 Å². The van der Waals surface area contributed by atoms with Crippen LogP contribution in [0.1, 0.15) is 41.8 Å². The van der Waals surface area contributed by atoms with Gasteiger partial charge >= 0.3 is 5.97 Å². The minimum atomic E-state index is -0.198. The van der Waals surface area contributed by atoms with Crippen LogP contribution in [0.4, 0.5) is 0 Å². The van der Waals surface area contributed by atoms with Crippen LogP contribution in [-0.4, -0.2) is 19.7 Å². The van der Waals surface area contributed by atoms with E-state index in [9.17, 15) is 4.79 Å². The van der Waals surface area contributed by atoms with E-state index < -0.39 is 0 Å². The van der Waals surface area contributed by atoms with Gasteiger partial charge in [-0.25, -0.2) is 0 Å². The Hall–Kier alpha value is -1.22. The summed E-state index contributed by atoms with van der Waals surface area (Å²) < 4.78 is 10.2. The molecule has 0 spiro atoms. The van der Waals surface area contributed by atoms with Gasteiger partial charge in [-0.15, -0.1) is 11.6 Å². The van der Waals surface area contributed by atoms with Gasteiger partial charge < -0.3 is 9.47 Å². The predicted octanol–water partition coefficient (Wildman–Crippen LogP) is 3.94. The first-order valence-electron chi connectivity index (χ1n) is 6.44. The minimum absolute atomic E-state index is 0.186. The first-order chi connectivity index (χ1) is 8.99. The molecule has 106 valence electrons. The van der Waals surface area contributed by atoms with Crippen LogP contribution in [0.25, 0.3) is 0 Å². The highest BCUT2D eigenvalue weighted by molar-refractivity contribution is 6.21. The third-order valence-corrected chi connectivity index (χ3v) is 3.48. The van der Waals surface area contributed by atoms with E-state index in [-0.39, 0.29) is 11.3 Å². The van der Waals surface area contributed by atoms with Crippen LogP contribution in [0.2, 0.25) is 0 Å². The molecule has 1 rings (SSSR count). The number of rotatable bonds is 6. The number of methoxy groups -OCH3 is 1. The number of halogens is 1. The van der Waals surface area contributed by atoms with Crippen molar-refractivity contribution in [3.05, 3.63) is 28.8 Å². The van der Waals surface area contributed by atoms with Gasteiger partial charge in [0.1, 0.15) is 5.75 Å². The summed E-state index contributed by atoms with van der Waals surface area (Å²) in [7, 11) is 1.65. The fraction of sp³-hybridized carbons (Fsp3) is 0.533. The van der Waals surface area contributed by atoms with Crippen molar-refractivity contribution >= 4 is 17.6 Å². The summed E-state index contributed by atoms with van der Waals surface area (Å²) in [5.74, 6) is 0.659. The first-order valence-corrected chi connectivity index (χ1v) is 6.88. The molecule has 0 amide bonds. The molecule has 4 heteroatoms. The Morgan fingerprint density at radius 1 is 1.32 bits per heavy atom. The molecule has 1 atom stereocenters. The average Bonchev–Trinajstić information content (AvgIpc) is 2.38. The smallest absolute Gasteiger partial charge is 0.305 e. The second kappa shape index (κ2) is 7.39. The predicted molar refractivity (Wildman–Crippen MR) is 76.9 cm³/mol. The SMILES string of the molecule is CCOC(=O)CCC(Cl)c1cc(C)c(OC)cc1C. The van der Waals surface area contributed by atoms with Gasteiger partial charge in [0, 0.05) is 6.42 Å². The van der Waals surface area contributed by atoms with E-state index in [1.807, 2.05) is 26.0 Å². The second-order valence-electron chi connectivity index (χ2n) is 4.49. The van der Waals surface area contributed by atoms with E-state index >= 15 is 0 Å². The molecule has 0 heterocycles. The van der Waals surface area contributed by atoms with Gasteiger partial charge in [0.05, 0.1) is 19.1 Å². The Labute approximate surface area is 119 Å². The minimum Gasteiger partial charge on any atom is -0.496 e. The number of alkyl halides is 1. The molecule has 0 saturated carbocycles. The maximum absolute atomic E-state index is 11.3. The van der Waals surface area contributed by atoms with E-state index in [0.29, 0.717) is 19.4 Å². The van der Waals surface area contributed by atoms with Crippen molar-refractivity contribution in [1.29, 1.82) is 0 Å². The number of aryl methyl sites for hydroxylation is 2. The van der Waals surface area contributed by atoms with Crippen LogP contribution < -0.4 is 4.74 Å². The largest absolute Gasteiger partial charge is 0.496 e. The lowest BCUT2D eigenvalue weighted by atomic mass is 9.99. The Kier molecular flexibility index (Phi) is 6.16. The highest BCUT2D eigenvalue weighted by Crippen LogP contribution is 2.32. The zero-order chi connectivity index (χ0) is 14.4. The molecule has 1 unspecified atom stereocenters. The normalized spacial score (nSPS) is 12.1. The molecule has 0 aromatic heterocycles. The second-order valence-corrected chi connectivity index (χ2v) is 5.02. The molecule has 0 radical (unpaired) electrons. The Balaban J connectivity index is 2.74. The van der Waals surface area contributed by atoms with Crippen molar-refractivity contribution in [2.75, 3.05) is 13.7 Å². The zero-order valence-corrected chi connectivity index (χ0v) is 12.7. The van der Waals surface area contributed by atoms with E-state index in [4.69, 9.17) is 21.1 Å². The summed E-state index contributed by atoms with van der Waals surface area (Å²) in [6, 6.07) is 4.00. The summed E-state index contributed by atoms with van der Waals surface area (Å²) in [5, 5.41) is -0.186. The van der Waals surface area contributed by atoms with Crippen LogP contribution in [-0.2, 0) is 9.53 Å². The maximum Gasteiger partial charge on any atom is 0.305 e. The van der Waals surface area contributed by atoms with Crippen molar-refractivity contribution in [3.63, 3.8) is 0 Å². The highest BCUT2D eigenvalue weighted by atomic mass is 35.5. The van der Waals surface area contributed by atoms with Gasteiger partial charge in [0.2, 0.25) is 0 Å². The maximum atomic E-state index is 11.3. The van der Waals surface area contributed by atoms with Crippen LogP contribution in [0.15, 0.2) is 12.1 Å².